The Labute approximate surface area is 174 Å². The maximum absolute atomic E-state index is 13.4. The molecule has 13 heteroatoms. The molecular weight excluding hydrogens is 429 g/mol. The first-order valence-electron chi connectivity index (χ1n) is 10.0. The van der Waals surface area contributed by atoms with Gasteiger partial charge in [-0.3, -0.25) is 0 Å². The number of nitrogens with zero attached hydrogens (tertiary/aromatic N) is 2. The van der Waals surface area contributed by atoms with Crippen molar-refractivity contribution in [3.05, 3.63) is 36.0 Å². The molecule has 9 nitrogen and oxygen atoms in total. The molecule has 164 valence electrons. The summed E-state index contributed by atoms with van der Waals surface area (Å²) in [7, 11) is -4.31. The van der Waals surface area contributed by atoms with Crippen molar-refractivity contribution in [2.24, 2.45) is 0 Å². The summed E-state index contributed by atoms with van der Waals surface area (Å²) in [4.78, 5) is 7.04. The van der Waals surface area contributed by atoms with Crippen LogP contribution in [0.2, 0.25) is 0 Å². The molecule has 1 aromatic heterocycles. The van der Waals surface area contributed by atoms with Gasteiger partial charge in [-0.05, 0) is 31.2 Å². The van der Waals surface area contributed by atoms with Gasteiger partial charge in [-0.15, -0.1) is 0 Å². The summed E-state index contributed by atoms with van der Waals surface area (Å²) < 4.78 is 97.1. The normalized spacial score (nSPS) is 21.9. The van der Waals surface area contributed by atoms with Crippen LogP contribution in [0.3, 0.4) is 0 Å². The Bertz CT molecular complexity index is 1080. The number of aromatic nitrogens is 2. The van der Waals surface area contributed by atoms with Crippen molar-refractivity contribution in [3.8, 4) is 5.88 Å². The number of nitrogens with one attached hydrogen (secondary N) is 2. The molecule has 0 bridgehead atoms. The molecule has 0 amide bonds. The lowest BCUT2D eigenvalue weighted by atomic mass is 10.1. The summed E-state index contributed by atoms with van der Waals surface area (Å²) >= 11 is 0. The minimum Gasteiger partial charge on any atom is -0.471 e. The van der Waals surface area contributed by atoms with Crippen molar-refractivity contribution >= 4 is 21.7 Å². The molecule has 1 aliphatic heterocycles. The summed E-state index contributed by atoms with van der Waals surface area (Å²) in [5, 5.41) is 12.5. The van der Waals surface area contributed by atoms with Crippen LogP contribution in [-0.2, 0) is 20.9 Å². The van der Waals surface area contributed by atoms with E-state index in [1.165, 1.54) is 16.9 Å². The van der Waals surface area contributed by atoms with Crippen LogP contribution < -0.4 is 14.8 Å². The SMILES string of the molecule is [2H]C([2H])([2H])NS(=O)(=O)c1ccc(Nc2ncc(C(F)(F)F)c(OC3CCOCC3O)n2)cc1. The maximum Gasteiger partial charge on any atom is 0.423 e. The minimum absolute atomic E-state index is 0.0892. The second kappa shape index (κ2) is 8.71. The Morgan fingerprint density at radius 3 is 2.70 bits per heavy atom. The zero-order valence-corrected chi connectivity index (χ0v) is 16.0. The predicted octanol–water partition coefficient (Wildman–Crippen LogP) is 1.68. The van der Waals surface area contributed by atoms with E-state index in [0.29, 0.717) is 6.20 Å². The second-order valence-corrected chi connectivity index (χ2v) is 7.93. The lowest BCUT2D eigenvalue weighted by Gasteiger charge is -2.28. The first-order valence-corrected chi connectivity index (χ1v) is 10.0. The van der Waals surface area contributed by atoms with Gasteiger partial charge < -0.3 is 19.9 Å². The van der Waals surface area contributed by atoms with Crippen LogP contribution in [0, 0.1) is 0 Å². The molecule has 1 fully saturated rings. The molecule has 1 aromatic carbocycles. The Balaban J connectivity index is 1.82. The molecule has 2 aromatic rings. The third-order valence-corrected chi connectivity index (χ3v) is 5.30. The van der Waals surface area contributed by atoms with E-state index >= 15 is 0 Å². The number of rotatable bonds is 6. The van der Waals surface area contributed by atoms with Crippen LogP contribution in [0.1, 0.15) is 16.1 Å². The summed E-state index contributed by atoms with van der Waals surface area (Å²) in [5.41, 5.74) is -1.02. The highest BCUT2D eigenvalue weighted by Gasteiger charge is 2.38. The van der Waals surface area contributed by atoms with E-state index < -0.39 is 46.8 Å². The number of hydrogen-bond donors (Lipinski definition) is 3. The van der Waals surface area contributed by atoms with Crippen molar-refractivity contribution in [3.63, 3.8) is 0 Å². The molecule has 0 radical (unpaired) electrons. The average Bonchev–Trinajstić information content (AvgIpc) is 2.68. The molecule has 3 rings (SSSR count). The van der Waals surface area contributed by atoms with Gasteiger partial charge >= 0.3 is 6.18 Å². The quantitative estimate of drug-likeness (QED) is 0.606. The van der Waals surface area contributed by atoms with E-state index in [9.17, 15) is 26.7 Å². The van der Waals surface area contributed by atoms with Crippen LogP contribution in [0.5, 0.6) is 5.88 Å². The van der Waals surface area contributed by atoms with Crippen molar-refractivity contribution in [1.29, 1.82) is 0 Å². The van der Waals surface area contributed by atoms with Crippen molar-refractivity contribution in [1.82, 2.24) is 14.7 Å². The third kappa shape index (κ3) is 5.16. The molecule has 1 aliphatic rings. The molecule has 1 saturated heterocycles. The Morgan fingerprint density at radius 1 is 1.33 bits per heavy atom. The Kier molecular flexibility index (Phi) is 5.32. The fraction of sp³-hybridized carbons (Fsp3) is 0.412. The highest BCUT2D eigenvalue weighted by atomic mass is 32.2. The molecule has 0 aliphatic carbocycles. The van der Waals surface area contributed by atoms with Crippen LogP contribution in [-0.4, -0.2) is 55.9 Å². The molecule has 30 heavy (non-hydrogen) atoms. The van der Waals surface area contributed by atoms with E-state index in [4.69, 9.17) is 13.6 Å². The predicted molar refractivity (Wildman–Crippen MR) is 98.9 cm³/mol. The second-order valence-electron chi connectivity index (χ2n) is 6.25. The zero-order valence-electron chi connectivity index (χ0n) is 18.2. The largest absolute Gasteiger partial charge is 0.471 e. The maximum atomic E-state index is 13.4. The topological polar surface area (TPSA) is 123 Å². The van der Waals surface area contributed by atoms with Gasteiger partial charge in [0.25, 0.3) is 0 Å². The van der Waals surface area contributed by atoms with E-state index in [1.54, 1.807) is 0 Å². The first-order chi connectivity index (χ1) is 15.2. The highest BCUT2D eigenvalue weighted by Crippen LogP contribution is 2.36. The smallest absolute Gasteiger partial charge is 0.423 e. The Hall–Kier alpha value is -2.48. The summed E-state index contributed by atoms with van der Waals surface area (Å²) in [6.45, 7) is -2.81. The minimum atomic E-state index is -4.81. The van der Waals surface area contributed by atoms with E-state index in [-0.39, 0.29) is 36.2 Å². The molecular formula is C17H19F3N4O5S. The lowest BCUT2D eigenvalue weighted by Crippen LogP contribution is -2.41. The van der Waals surface area contributed by atoms with E-state index in [1.807, 2.05) is 0 Å². The number of benzene rings is 1. The molecule has 3 N–H and O–H groups in total. The van der Waals surface area contributed by atoms with Gasteiger partial charge in [0.2, 0.25) is 21.9 Å². The lowest BCUT2D eigenvalue weighted by molar-refractivity contribution is -0.141. The van der Waals surface area contributed by atoms with Crippen LogP contribution in [0.4, 0.5) is 24.8 Å². The van der Waals surface area contributed by atoms with Crippen molar-refractivity contribution in [2.75, 3.05) is 25.5 Å². The van der Waals surface area contributed by atoms with E-state index in [0.717, 1.165) is 12.1 Å². The van der Waals surface area contributed by atoms with Crippen LogP contribution in [0.25, 0.3) is 0 Å². The fourth-order valence-corrected chi connectivity index (χ4v) is 3.21. The van der Waals surface area contributed by atoms with Gasteiger partial charge in [0.15, 0.2) is 0 Å². The van der Waals surface area contributed by atoms with Gasteiger partial charge in [0.1, 0.15) is 17.8 Å². The van der Waals surface area contributed by atoms with Gasteiger partial charge in [-0.2, -0.15) is 18.2 Å². The first kappa shape index (κ1) is 18.3. The van der Waals surface area contributed by atoms with Crippen molar-refractivity contribution < 1.29 is 40.3 Å². The number of aliphatic hydroxyl groups is 1. The van der Waals surface area contributed by atoms with Gasteiger partial charge in [0, 0.05) is 22.4 Å². The molecule has 0 saturated carbocycles. The number of sulfonamides is 1. The standard InChI is InChI=1S/C17H19F3N4O5S/c1-21-30(26,27)11-4-2-10(3-5-11)23-16-22-8-12(17(18,19)20)15(24-16)29-14-6-7-28-9-13(14)25/h2-5,8,13-14,21,25H,6-7,9H2,1H3,(H,22,23,24)/i1D3. The van der Waals surface area contributed by atoms with Crippen molar-refractivity contribution in [2.45, 2.75) is 29.7 Å². The number of aliphatic hydroxyl groups excluding tert-OH is 1. The Morgan fingerprint density at radius 2 is 2.07 bits per heavy atom. The molecule has 2 unspecified atom stereocenters. The summed E-state index contributed by atoms with van der Waals surface area (Å²) in [6.07, 6.45) is -6.22. The van der Waals surface area contributed by atoms with Gasteiger partial charge in [-0.1, -0.05) is 0 Å². The van der Waals surface area contributed by atoms with Gasteiger partial charge in [-0.25, -0.2) is 18.1 Å². The molecule has 2 atom stereocenters. The van der Waals surface area contributed by atoms with Crippen LogP contribution in [0.15, 0.2) is 35.4 Å². The number of halogens is 3. The molecule has 2 heterocycles. The van der Waals surface area contributed by atoms with E-state index in [2.05, 4.69) is 15.3 Å². The zero-order chi connectivity index (χ0) is 24.4. The third-order valence-electron chi connectivity index (χ3n) is 4.14. The average molecular weight is 451 g/mol. The summed E-state index contributed by atoms with van der Waals surface area (Å²) in [5.74, 6) is -1.07. The number of ether oxygens (including phenoxy) is 2. The highest BCUT2D eigenvalue weighted by molar-refractivity contribution is 7.89. The summed E-state index contributed by atoms with van der Waals surface area (Å²) in [6, 6.07) is 4.68. The number of alkyl halides is 3. The monoisotopic (exact) mass is 451 g/mol. The number of hydrogen-bond acceptors (Lipinski definition) is 8. The van der Waals surface area contributed by atoms with Gasteiger partial charge in [0.05, 0.1) is 18.1 Å². The van der Waals surface area contributed by atoms with Crippen LogP contribution >= 0.6 is 0 Å². The number of anilines is 2. The molecule has 0 spiro atoms. The fourth-order valence-electron chi connectivity index (χ4n) is 2.60.